The monoisotopic (exact) mass is 362 g/mol. The lowest BCUT2D eigenvalue weighted by Crippen LogP contribution is -2.37. The van der Waals surface area contributed by atoms with Crippen molar-refractivity contribution in [3.8, 4) is 11.5 Å². The summed E-state index contributed by atoms with van der Waals surface area (Å²) >= 11 is 0. The quantitative estimate of drug-likeness (QED) is 0.889. The van der Waals surface area contributed by atoms with Crippen LogP contribution in [0.15, 0.2) is 30.3 Å². The molecule has 138 valence electrons. The van der Waals surface area contributed by atoms with E-state index in [9.17, 15) is 13.6 Å². The molecule has 0 spiro atoms. The summed E-state index contributed by atoms with van der Waals surface area (Å²) in [4.78, 5) is 14.1. The van der Waals surface area contributed by atoms with Gasteiger partial charge in [-0.25, -0.2) is 8.78 Å². The number of rotatable bonds is 5. The Hall–Kier alpha value is -2.67. The van der Waals surface area contributed by atoms with Crippen molar-refractivity contribution >= 4 is 11.6 Å². The lowest BCUT2D eigenvalue weighted by atomic mass is 9.99. The van der Waals surface area contributed by atoms with Crippen molar-refractivity contribution in [2.75, 3.05) is 32.6 Å². The molecule has 1 aliphatic rings. The van der Waals surface area contributed by atoms with Crippen LogP contribution in [0.25, 0.3) is 0 Å². The van der Waals surface area contributed by atoms with Crippen molar-refractivity contribution in [1.29, 1.82) is 0 Å². The Labute approximate surface area is 150 Å². The number of carbonyl (C=O) groups is 1. The second kappa shape index (κ2) is 7.70. The van der Waals surface area contributed by atoms with Crippen LogP contribution in [0, 0.1) is 11.6 Å². The first-order chi connectivity index (χ1) is 12.5. The molecule has 1 amide bonds. The average molecular weight is 362 g/mol. The number of halogens is 2. The number of nitrogens with zero attached hydrogens (tertiary/aromatic N) is 1. The number of nitrogens with one attached hydrogen (secondary N) is 1. The number of ether oxygens (including phenoxy) is 2. The molecule has 2 aromatic rings. The molecule has 0 radical (unpaired) electrons. The summed E-state index contributed by atoms with van der Waals surface area (Å²) in [5.74, 6) is -0.341. The number of hydrogen-bond donors (Lipinski definition) is 1. The van der Waals surface area contributed by atoms with Crippen LogP contribution in [0.2, 0.25) is 0 Å². The van der Waals surface area contributed by atoms with E-state index in [-0.39, 0.29) is 12.2 Å². The first kappa shape index (κ1) is 18.1. The van der Waals surface area contributed by atoms with E-state index in [2.05, 4.69) is 5.32 Å². The molecular formula is C19H20F2N2O3. The lowest BCUT2D eigenvalue weighted by Gasteiger charge is -2.29. The number of carbonyl (C=O) groups excluding carboxylic acids is 1. The third-order valence-electron chi connectivity index (χ3n) is 4.37. The van der Waals surface area contributed by atoms with Gasteiger partial charge < -0.3 is 14.8 Å². The highest BCUT2D eigenvalue weighted by molar-refractivity contribution is 5.92. The fourth-order valence-electron chi connectivity index (χ4n) is 3.06. The van der Waals surface area contributed by atoms with Crippen LogP contribution in [-0.2, 0) is 17.8 Å². The Balaban J connectivity index is 1.67. The topological polar surface area (TPSA) is 50.8 Å². The summed E-state index contributed by atoms with van der Waals surface area (Å²) < 4.78 is 37.5. The number of methoxy groups -OCH3 is 2. The normalized spacial score (nSPS) is 13.8. The lowest BCUT2D eigenvalue weighted by molar-refractivity contribution is -0.117. The summed E-state index contributed by atoms with van der Waals surface area (Å²) in [6.07, 6.45) is 0.761. The van der Waals surface area contributed by atoms with Gasteiger partial charge in [0.25, 0.3) is 0 Å². The summed E-state index contributed by atoms with van der Waals surface area (Å²) in [5.41, 5.74) is 2.05. The number of anilines is 1. The van der Waals surface area contributed by atoms with E-state index in [1.807, 2.05) is 17.0 Å². The van der Waals surface area contributed by atoms with Gasteiger partial charge >= 0.3 is 0 Å². The van der Waals surface area contributed by atoms with Gasteiger partial charge in [-0.3, -0.25) is 9.69 Å². The molecule has 1 aliphatic heterocycles. The van der Waals surface area contributed by atoms with Crippen molar-refractivity contribution in [3.63, 3.8) is 0 Å². The molecule has 3 rings (SSSR count). The van der Waals surface area contributed by atoms with E-state index in [1.54, 1.807) is 14.2 Å². The number of amides is 1. The smallest absolute Gasteiger partial charge is 0.238 e. The van der Waals surface area contributed by atoms with Crippen molar-refractivity contribution < 1.29 is 23.0 Å². The number of hydrogen-bond acceptors (Lipinski definition) is 4. The van der Waals surface area contributed by atoms with Crippen molar-refractivity contribution in [1.82, 2.24) is 4.90 Å². The Morgan fingerprint density at radius 1 is 1.12 bits per heavy atom. The minimum atomic E-state index is -0.666. The summed E-state index contributed by atoms with van der Waals surface area (Å²) in [7, 11) is 3.17. The highest BCUT2D eigenvalue weighted by Crippen LogP contribution is 2.33. The van der Waals surface area contributed by atoms with Gasteiger partial charge in [-0.15, -0.1) is 0 Å². The van der Waals surface area contributed by atoms with E-state index in [4.69, 9.17) is 9.47 Å². The molecule has 0 fully saturated rings. The SMILES string of the molecule is COc1cc2c(cc1OC)CN(CC(=O)Nc1cc(F)ccc1F)CC2. The molecule has 0 aromatic heterocycles. The Kier molecular flexibility index (Phi) is 5.37. The van der Waals surface area contributed by atoms with E-state index in [1.165, 1.54) is 0 Å². The molecule has 0 bridgehead atoms. The molecule has 0 atom stereocenters. The molecule has 5 nitrogen and oxygen atoms in total. The molecule has 26 heavy (non-hydrogen) atoms. The van der Waals surface area contributed by atoms with Gasteiger partial charge in [0.1, 0.15) is 11.6 Å². The fourth-order valence-corrected chi connectivity index (χ4v) is 3.06. The van der Waals surface area contributed by atoms with Crippen LogP contribution in [0.1, 0.15) is 11.1 Å². The van der Waals surface area contributed by atoms with Crippen LogP contribution < -0.4 is 14.8 Å². The molecule has 0 saturated heterocycles. The number of benzene rings is 2. The van der Waals surface area contributed by atoms with Gasteiger partial charge in [-0.05, 0) is 41.8 Å². The average Bonchev–Trinajstić information content (AvgIpc) is 2.63. The Morgan fingerprint density at radius 2 is 1.81 bits per heavy atom. The molecule has 1 heterocycles. The standard InChI is InChI=1S/C19H20F2N2O3/c1-25-17-7-12-5-6-23(10-13(12)8-18(17)26-2)11-19(24)22-16-9-14(20)3-4-15(16)21/h3-4,7-9H,5-6,10-11H2,1-2H3,(H,22,24). The van der Waals surface area contributed by atoms with Gasteiger partial charge in [0.2, 0.25) is 5.91 Å². The second-order valence-corrected chi connectivity index (χ2v) is 6.11. The molecule has 0 unspecified atom stereocenters. The zero-order chi connectivity index (χ0) is 18.7. The molecule has 2 aromatic carbocycles. The van der Waals surface area contributed by atoms with E-state index >= 15 is 0 Å². The summed E-state index contributed by atoms with van der Waals surface area (Å²) in [6, 6.07) is 6.82. The third-order valence-corrected chi connectivity index (χ3v) is 4.37. The van der Waals surface area contributed by atoms with Crippen LogP contribution in [0.4, 0.5) is 14.5 Å². The van der Waals surface area contributed by atoms with Gasteiger partial charge in [0, 0.05) is 19.2 Å². The zero-order valence-corrected chi connectivity index (χ0v) is 14.6. The van der Waals surface area contributed by atoms with Crippen LogP contribution >= 0.6 is 0 Å². The van der Waals surface area contributed by atoms with E-state index in [0.29, 0.717) is 24.6 Å². The Morgan fingerprint density at radius 3 is 2.50 bits per heavy atom. The minimum Gasteiger partial charge on any atom is -0.493 e. The predicted molar refractivity (Wildman–Crippen MR) is 93.5 cm³/mol. The van der Waals surface area contributed by atoms with Gasteiger partial charge in [-0.2, -0.15) is 0 Å². The highest BCUT2D eigenvalue weighted by Gasteiger charge is 2.21. The maximum atomic E-state index is 13.6. The first-order valence-corrected chi connectivity index (χ1v) is 8.21. The largest absolute Gasteiger partial charge is 0.493 e. The predicted octanol–water partition coefficient (Wildman–Crippen LogP) is 2.98. The molecular weight excluding hydrogens is 342 g/mol. The molecule has 7 heteroatoms. The zero-order valence-electron chi connectivity index (χ0n) is 14.6. The van der Waals surface area contributed by atoms with Crippen LogP contribution in [-0.4, -0.2) is 38.1 Å². The first-order valence-electron chi connectivity index (χ1n) is 8.21. The summed E-state index contributed by atoms with van der Waals surface area (Å²) in [6.45, 7) is 1.33. The second-order valence-electron chi connectivity index (χ2n) is 6.11. The minimum absolute atomic E-state index is 0.0870. The van der Waals surface area contributed by atoms with Crippen molar-refractivity contribution in [3.05, 3.63) is 53.1 Å². The summed E-state index contributed by atoms with van der Waals surface area (Å²) in [5, 5.41) is 2.42. The molecule has 0 saturated carbocycles. The maximum absolute atomic E-state index is 13.6. The highest BCUT2D eigenvalue weighted by atomic mass is 19.1. The van der Waals surface area contributed by atoms with Crippen molar-refractivity contribution in [2.45, 2.75) is 13.0 Å². The van der Waals surface area contributed by atoms with E-state index < -0.39 is 17.5 Å². The molecule has 1 N–H and O–H groups in total. The van der Waals surface area contributed by atoms with Crippen LogP contribution in [0.3, 0.4) is 0 Å². The fraction of sp³-hybridized carbons (Fsp3) is 0.316. The van der Waals surface area contributed by atoms with Crippen LogP contribution in [0.5, 0.6) is 11.5 Å². The van der Waals surface area contributed by atoms with Crippen molar-refractivity contribution in [2.24, 2.45) is 0 Å². The van der Waals surface area contributed by atoms with Gasteiger partial charge in [0.05, 0.1) is 26.5 Å². The van der Waals surface area contributed by atoms with Gasteiger partial charge in [0.15, 0.2) is 11.5 Å². The molecule has 0 aliphatic carbocycles. The van der Waals surface area contributed by atoms with Gasteiger partial charge in [-0.1, -0.05) is 0 Å². The maximum Gasteiger partial charge on any atom is 0.238 e. The van der Waals surface area contributed by atoms with E-state index in [0.717, 1.165) is 35.7 Å². The number of fused-ring (bicyclic) bond motifs is 1. The Bertz CT molecular complexity index is 827. The third kappa shape index (κ3) is 3.94.